The van der Waals surface area contributed by atoms with Gasteiger partial charge in [-0.3, -0.25) is 4.79 Å². The fourth-order valence-electron chi connectivity index (χ4n) is 3.17. The zero-order valence-electron chi connectivity index (χ0n) is 14.6. The minimum Gasteiger partial charge on any atom is -0.384 e. The number of aryl methyl sites for hydroxylation is 1. The lowest BCUT2D eigenvalue weighted by atomic mass is 10.1. The van der Waals surface area contributed by atoms with Crippen LogP contribution in [0.3, 0.4) is 0 Å². The number of amides is 1. The van der Waals surface area contributed by atoms with E-state index in [-0.39, 0.29) is 5.91 Å². The lowest BCUT2D eigenvalue weighted by Crippen LogP contribution is -2.22. The molecule has 0 fully saturated rings. The molecule has 4 aromatic rings. The van der Waals surface area contributed by atoms with Gasteiger partial charge in [0.2, 0.25) is 0 Å². The van der Waals surface area contributed by atoms with Crippen molar-refractivity contribution in [3.8, 4) is 0 Å². The van der Waals surface area contributed by atoms with Gasteiger partial charge in [-0.15, -0.1) is 0 Å². The van der Waals surface area contributed by atoms with Gasteiger partial charge in [0.1, 0.15) is 5.82 Å². The fourth-order valence-corrected chi connectivity index (χ4v) is 3.17. The highest BCUT2D eigenvalue weighted by atomic mass is 16.1. The third kappa shape index (κ3) is 2.99. The number of anilines is 1. The Kier molecular flexibility index (Phi) is 4.05. The van der Waals surface area contributed by atoms with Crippen LogP contribution in [0.4, 0.5) is 5.82 Å². The Bertz CT molecular complexity index is 1110. The Morgan fingerprint density at radius 1 is 1.08 bits per heavy atom. The second-order valence-electron chi connectivity index (χ2n) is 6.32. The van der Waals surface area contributed by atoms with E-state index in [9.17, 15) is 4.79 Å². The van der Waals surface area contributed by atoms with Gasteiger partial charge in [0.05, 0.1) is 5.52 Å². The van der Waals surface area contributed by atoms with Crippen LogP contribution in [0.15, 0.2) is 60.8 Å². The number of fused-ring (bicyclic) bond motifs is 2. The molecule has 2 aromatic heterocycles. The van der Waals surface area contributed by atoms with Gasteiger partial charge in [0, 0.05) is 35.8 Å². The monoisotopic (exact) mass is 344 g/mol. The van der Waals surface area contributed by atoms with Crippen molar-refractivity contribution >= 4 is 33.5 Å². The molecule has 26 heavy (non-hydrogen) atoms. The highest BCUT2D eigenvalue weighted by Crippen LogP contribution is 2.18. The highest BCUT2D eigenvalue weighted by molar-refractivity contribution is 5.98. The maximum Gasteiger partial charge on any atom is 0.251 e. The number of hydrogen-bond acceptors (Lipinski definition) is 3. The number of hydrogen-bond donors (Lipinski definition) is 2. The average molecular weight is 344 g/mol. The minimum atomic E-state index is -0.0867. The van der Waals surface area contributed by atoms with E-state index < -0.39 is 0 Å². The van der Waals surface area contributed by atoms with Gasteiger partial charge in [-0.2, -0.15) is 0 Å². The van der Waals surface area contributed by atoms with E-state index >= 15 is 0 Å². The van der Waals surface area contributed by atoms with Crippen molar-refractivity contribution in [2.24, 2.45) is 0 Å². The van der Waals surface area contributed by atoms with Gasteiger partial charge in [0.25, 0.3) is 5.91 Å². The van der Waals surface area contributed by atoms with Crippen LogP contribution in [0.1, 0.15) is 22.8 Å². The zero-order chi connectivity index (χ0) is 18.1. The molecule has 4 rings (SSSR count). The number of nitrogens with zero attached hydrogens (tertiary/aromatic N) is 2. The summed E-state index contributed by atoms with van der Waals surface area (Å²) in [6.45, 7) is 3.41. The van der Waals surface area contributed by atoms with Crippen LogP contribution in [0.2, 0.25) is 0 Å². The van der Waals surface area contributed by atoms with Gasteiger partial charge < -0.3 is 15.6 Å². The number of nitrogens with one attached hydrogen (secondary N) is 1. The predicted molar refractivity (Wildman–Crippen MR) is 105 cm³/mol. The Morgan fingerprint density at radius 2 is 1.88 bits per heavy atom. The average Bonchev–Trinajstić information content (AvgIpc) is 3.08. The first kappa shape index (κ1) is 16.1. The van der Waals surface area contributed by atoms with Gasteiger partial charge >= 0.3 is 0 Å². The lowest BCUT2D eigenvalue weighted by Gasteiger charge is -2.08. The second kappa shape index (κ2) is 6.52. The van der Waals surface area contributed by atoms with Crippen LogP contribution in [-0.4, -0.2) is 15.5 Å². The molecule has 130 valence electrons. The quantitative estimate of drug-likeness (QED) is 0.592. The first-order valence-electron chi connectivity index (χ1n) is 8.66. The lowest BCUT2D eigenvalue weighted by molar-refractivity contribution is 0.0951. The van der Waals surface area contributed by atoms with Crippen LogP contribution >= 0.6 is 0 Å². The van der Waals surface area contributed by atoms with Gasteiger partial charge in [-0.25, -0.2) is 4.98 Å². The number of carbonyl (C=O) groups excluding carboxylic acids is 1. The molecule has 0 bridgehead atoms. The summed E-state index contributed by atoms with van der Waals surface area (Å²) < 4.78 is 2.13. The number of rotatable bonds is 4. The number of nitrogen functional groups attached to an aromatic ring is 1. The van der Waals surface area contributed by atoms with Crippen molar-refractivity contribution in [3.63, 3.8) is 0 Å². The molecule has 0 aliphatic heterocycles. The van der Waals surface area contributed by atoms with Crippen molar-refractivity contribution in [3.05, 3.63) is 71.9 Å². The second-order valence-corrected chi connectivity index (χ2v) is 6.32. The minimum absolute atomic E-state index is 0.0867. The van der Waals surface area contributed by atoms with Crippen LogP contribution in [0, 0.1) is 0 Å². The maximum atomic E-state index is 12.5. The Labute approximate surface area is 151 Å². The van der Waals surface area contributed by atoms with Crippen molar-refractivity contribution in [2.75, 3.05) is 5.73 Å². The number of carbonyl (C=O) groups is 1. The maximum absolute atomic E-state index is 12.5. The molecule has 0 unspecified atom stereocenters. The van der Waals surface area contributed by atoms with Crippen molar-refractivity contribution in [2.45, 2.75) is 20.0 Å². The fraction of sp³-hybridized carbons (Fsp3) is 0.143. The van der Waals surface area contributed by atoms with Crippen LogP contribution in [0.25, 0.3) is 21.8 Å². The van der Waals surface area contributed by atoms with E-state index in [0.717, 1.165) is 33.9 Å². The third-order valence-corrected chi connectivity index (χ3v) is 4.61. The summed E-state index contributed by atoms with van der Waals surface area (Å²) in [6, 6.07) is 17.5. The summed E-state index contributed by atoms with van der Waals surface area (Å²) in [5.74, 6) is 0.405. The molecule has 2 aromatic carbocycles. The summed E-state index contributed by atoms with van der Waals surface area (Å²) >= 11 is 0. The first-order chi connectivity index (χ1) is 12.6. The molecule has 0 aliphatic rings. The summed E-state index contributed by atoms with van der Waals surface area (Å²) in [5.41, 5.74) is 9.31. The Balaban J connectivity index is 1.53. The van der Waals surface area contributed by atoms with Crippen molar-refractivity contribution < 1.29 is 4.79 Å². The summed E-state index contributed by atoms with van der Waals surface area (Å²) in [6.07, 6.45) is 2.04. The molecule has 0 spiro atoms. The van der Waals surface area contributed by atoms with E-state index in [1.807, 2.05) is 48.7 Å². The molecule has 5 heteroatoms. The van der Waals surface area contributed by atoms with Gasteiger partial charge in [-0.1, -0.05) is 18.2 Å². The largest absolute Gasteiger partial charge is 0.384 e. The number of nitrogens with two attached hydrogens (primary N) is 1. The number of aromatic nitrogens is 2. The standard InChI is InChI=1S/C21H20N4O/c1-2-25-10-9-16-5-6-17(12-19(16)25)21(26)23-13-14-3-4-15-7-8-20(22)24-18(15)11-14/h3-12H,2,13H2,1H3,(H2,22,24)(H,23,26). The molecule has 0 saturated heterocycles. The molecule has 0 aliphatic carbocycles. The predicted octanol–water partition coefficient (Wildman–Crippen LogP) is 3.72. The topological polar surface area (TPSA) is 72.9 Å². The van der Waals surface area contributed by atoms with Crippen molar-refractivity contribution in [1.29, 1.82) is 0 Å². The Morgan fingerprint density at radius 3 is 2.73 bits per heavy atom. The zero-order valence-corrected chi connectivity index (χ0v) is 14.6. The smallest absolute Gasteiger partial charge is 0.251 e. The normalized spacial score (nSPS) is 11.1. The van der Waals surface area contributed by atoms with Crippen LogP contribution < -0.4 is 11.1 Å². The molecular formula is C21H20N4O. The van der Waals surface area contributed by atoms with Crippen LogP contribution in [0.5, 0.6) is 0 Å². The number of benzene rings is 2. The summed E-state index contributed by atoms with van der Waals surface area (Å²) in [5, 5.41) is 5.15. The molecule has 0 atom stereocenters. The molecule has 3 N–H and O–H groups in total. The molecule has 0 saturated carbocycles. The molecule has 5 nitrogen and oxygen atoms in total. The molecule has 0 radical (unpaired) electrons. The SMILES string of the molecule is CCn1ccc2ccc(C(=O)NCc3ccc4ccc(N)nc4c3)cc21. The van der Waals surface area contributed by atoms with Crippen molar-refractivity contribution in [1.82, 2.24) is 14.9 Å². The Hall–Kier alpha value is -3.34. The van der Waals surface area contributed by atoms with E-state index in [1.165, 1.54) is 0 Å². The van der Waals surface area contributed by atoms with E-state index in [1.54, 1.807) is 6.07 Å². The van der Waals surface area contributed by atoms with Gasteiger partial charge in [-0.05, 0) is 54.3 Å². The summed E-state index contributed by atoms with van der Waals surface area (Å²) in [7, 11) is 0. The molecule has 2 heterocycles. The summed E-state index contributed by atoms with van der Waals surface area (Å²) in [4.78, 5) is 16.9. The number of pyridine rings is 1. The van der Waals surface area contributed by atoms with E-state index in [4.69, 9.17) is 5.73 Å². The van der Waals surface area contributed by atoms with Gasteiger partial charge in [0.15, 0.2) is 0 Å². The molecule has 1 amide bonds. The van der Waals surface area contributed by atoms with Crippen LogP contribution in [-0.2, 0) is 13.1 Å². The third-order valence-electron chi connectivity index (χ3n) is 4.61. The molecular weight excluding hydrogens is 324 g/mol. The van der Waals surface area contributed by atoms with E-state index in [0.29, 0.717) is 17.9 Å². The first-order valence-corrected chi connectivity index (χ1v) is 8.66. The highest BCUT2D eigenvalue weighted by Gasteiger charge is 2.09. The van der Waals surface area contributed by atoms with E-state index in [2.05, 4.69) is 27.9 Å².